The Morgan fingerprint density at radius 1 is 1.17 bits per heavy atom. The highest BCUT2D eigenvalue weighted by molar-refractivity contribution is 7.89. The van der Waals surface area contributed by atoms with Gasteiger partial charge in [-0.15, -0.1) is 0 Å². The van der Waals surface area contributed by atoms with Crippen LogP contribution < -0.4 is 5.32 Å². The maximum Gasteiger partial charge on any atom is 0.223 e. The number of carbonyl (C=O) groups excluding carboxylic acids is 1. The molecule has 140 valence electrons. The van der Waals surface area contributed by atoms with Crippen LogP contribution in [0.15, 0.2) is 0 Å². The van der Waals surface area contributed by atoms with E-state index in [9.17, 15) is 13.2 Å². The monoisotopic (exact) mass is 359 g/mol. The average molecular weight is 360 g/mol. The van der Waals surface area contributed by atoms with E-state index in [1.807, 2.05) is 6.92 Å². The zero-order valence-corrected chi connectivity index (χ0v) is 16.1. The number of sulfonamides is 1. The number of amides is 1. The van der Waals surface area contributed by atoms with Gasteiger partial charge in [-0.2, -0.15) is 0 Å². The van der Waals surface area contributed by atoms with Crippen molar-refractivity contribution in [3.05, 3.63) is 0 Å². The molecule has 0 spiro atoms. The Balaban J connectivity index is 1.77. The van der Waals surface area contributed by atoms with Gasteiger partial charge < -0.3 is 5.32 Å². The molecule has 0 aromatic carbocycles. The van der Waals surface area contributed by atoms with Crippen LogP contribution in [0.25, 0.3) is 0 Å². The van der Waals surface area contributed by atoms with Gasteiger partial charge in [0.1, 0.15) is 0 Å². The summed E-state index contributed by atoms with van der Waals surface area (Å²) >= 11 is 0. The van der Waals surface area contributed by atoms with Gasteiger partial charge in [0.25, 0.3) is 0 Å². The van der Waals surface area contributed by atoms with E-state index < -0.39 is 10.0 Å². The molecule has 0 radical (unpaired) electrons. The summed E-state index contributed by atoms with van der Waals surface area (Å²) in [5, 5.41) is 3.17. The molecule has 6 nitrogen and oxygen atoms in total. The van der Waals surface area contributed by atoms with Gasteiger partial charge in [0.05, 0.1) is 5.75 Å². The fourth-order valence-electron chi connectivity index (χ4n) is 3.55. The van der Waals surface area contributed by atoms with Crippen LogP contribution in [0, 0.1) is 5.92 Å². The molecule has 0 aromatic heterocycles. The number of hydrogen-bond donors (Lipinski definition) is 1. The van der Waals surface area contributed by atoms with Gasteiger partial charge in [-0.3, -0.25) is 9.69 Å². The van der Waals surface area contributed by atoms with E-state index in [4.69, 9.17) is 0 Å². The average Bonchev–Trinajstić information content (AvgIpc) is 3.02. The van der Waals surface area contributed by atoms with Crippen molar-refractivity contribution in [1.82, 2.24) is 14.5 Å². The lowest BCUT2D eigenvalue weighted by molar-refractivity contribution is -0.126. The number of likely N-dealkylation sites (tertiary alicyclic amines) is 1. The molecule has 2 rings (SSSR count). The van der Waals surface area contributed by atoms with E-state index in [-0.39, 0.29) is 23.6 Å². The first-order valence-electron chi connectivity index (χ1n) is 9.35. The van der Waals surface area contributed by atoms with Crippen LogP contribution in [0.2, 0.25) is 0 Å². The lowest BCUT2D eigenvalue weighted by atomic mass is 9.97. The van der Waals surface area contributed by atoms with Crippen LogP contribution in [0.5, 0.6) is 0 Å². The largest absolute Gasteiger partial charge is 0.352 e. The van der Waals surface area contributed by atoms with Gasteiger partial charge in [-0.1, -0.05) is 13.3 Å². The second-order valence-electron chi connectivity index (χ2n) is 7.43. The number of hydrogen-bond acceptors (Lipinski definition) is 4. The van der Waals surface area contributed by atoms with Crippen molar-refractivity contribution in [3.63, 3.8) is 0 Å². The lowest BCUT2D eigenvalue weighted by Gasteiger charge is -2.31. The van der Waals surface area contributed by atoms with Crippen LogP contribution in [-0.4, -0.2) is 67.5 Å². The van der Waals surface area contributed by atoms with Crippen molar-refractivity contribution in [3.8, 4) is 0 Å². The van der Waals surface area contributed by atoms with Crippen LogP contribution in [0.4, 0.5) is 0 Å². The zero-order chi connectivity index (χ0) is 17.7. The molecular formula is C17H33N3O3S. The molecule has 1 amide bonds. The first-order valence-corrected chi connectivity index (χ1v) is 11.0. The van der Waals surface area contributed by atoms with Gasteiger partial charge in [0.15, 0.2) is 0 Å². The third-order valence-corrected chi connectivity index (χ3v) is 7.23. The molecule has 0 bridgehead atoms. The maximum absolute atomic E-state index is 12.5. The van der Waals surface area contributed by atoms with E-state index >= 15 is 0 Å². The molecule has 2 aliphatic rings. The normalized spacial score (nSPS) is 24.6. The molecule has 0 aliphatic carbocycles. The minimum absolute atomic E-state index is 0.0456. The van der Waals surface area contributed by atoms with Gasteiger partial charge in [-0.25, -0.2) is 12.7 Å². The van der Waals surface area contributed by atoms with Crippen molar-refractivity contribution in [2.75, 3.05) is 31.9 Å². The number of nitrogens with zero attached hydrogens (tertiary/aromatic N) is 2. The molecular weight excluding hydrogens is 326 g/mol. The smallest absolute Gasteiger partial charge is 0.223 e. The summed E-state index contributed by atoms with van der Waals surface area (Å²) in [5.41, 5.74) is 0. The number of nitrogens with one attached hydrogen (secondary N) is 1. The molecule has 2 heterocycles. The number of rotatable bonds is 7. The summed E-state index contributed by atoms with van der Waals surface area (Å²) in [6.07, 6.45) is 3.87. The van der Waals surface area contributed by atoms with Crippen LogP contribution in [0.1, 0.15) is 52.9 Å². The maximum atomic E-state index is 12.5. The molecule has 1 unspecified atom stereocenters. The second-order valence-corrected chi connectivity index (χ2v) is 9.51. The SMILES string of the molecule is CCCCS(=O)(=O)N1CCC(C(=O)NC2CCN(C(C)C)C2)CC1. The summed E-state index contributed by atoms with van der Waals surface area (Å²) < 4.78 is 26.0. The number of carbonyl (C=O) groups is 1. The van der Waals surface area contributed by atoms with E-state index in [2.05, 4.69) is 24.1 Å². The molecule has 0 aromatic rings. The summed E-state index contributed by atoms with van der Waals surface area (Å²) in [6.45, 7) is 9.28. The Morgan fingerprint density at radius 3 is 2.38 bits per heavy atom. The van der Waals surface area contributed by atoms with Gasteiger partial charge >= 0.3 is 0 Å². The van der Waals surface area contributed by atoms with E-state index in [1.165, 1.54) is 0 Å². The first-order chi connectivity index (χ1) is 11.3. The van der Waals surface area contributed by atoms with Crippen LogP contribution >= 0.6 is 0 Å². The van der Waals surface area contributed by atoms with Gasteiger partial charge in [-0.05, 0) is 39.5 Å². The predicted octanol–water partition coefficient (Wildman–Crippen LogP) is 1.43. The minimum atomic E-state index is -3.14. The molecule has 0 saturated carbocycles. The second kappa shape index (κ2) is 8.63. The molecule has 2 saturated heterocycles. The van der Waals surface area contributed by atoms with Crippen molar-refractivity contribution in [2.45, 2.75) is 65.0 Å². The fourth-order valence-corrected chi connectivity index (χ4v) is 5.22. The van der Waals surface area contributed by atoms with Crippen LogP contribution in [-0.2, 0) is 14.8 Å². The minimum Gasteiger partial charge on any atom is -0.352 e. The van der Waals surface area contributed by atoms with Crippen molar-refractivity contribution in [1.29, 1.82) is 0 Å². The zero-order valence-electron chi connectivity index (χ0n) is 15.3. The highest BCUT2D eigenvalue weighted by atomic mass is 32.2. The van der Waals surface area contributed by atoms with E-state index in [0.29, 0.717) is 38.4 Å². The molecule has 2 aliphatic heterocycles. The summed E-state index contributed by atoms with van der Waals surface area (Å²) in [7, 11) is -3.14. The quantitative estimate of drug-likeness (QED) is 0.746. The lowest BCUT2D eigenvalue weighted by Crippen LogP contribution is -2.46. The molecule has 7 heteroatoms. The van der Waals surface area contributed by atoms with Crippen LogP contribution in [0.3, 0.4) is 0 Å². The van der Waals surface area contributed by atoms with Gasteiger partial charge in [0, 0.05) is 44.2 Å². The first kappa shape index (κ1) is 19.7. The van der Waals surface area contributed by atoms with Gasteiger partial charge in [0.2, 0.25) is 15.9 Å². The summed E-state index contributed by atoms with van der Waals surface area (Å²) in [5.74, 6) is 0.292. The fraction of sp³-hybridized carbons (Fsp3) is 0.941. The highest BCUT2D eigenvalue weighted by Gasteiger charge is 2.32. The Labute approximate surface area is 147 Å². The Hall–Kier alpha value is -0.660. The van der Waals surface area contributed by atoms with Crippen molar-refractivity contribution >= 4 is 15.9 Å². The number of unbranched alkanes of at least 4 members (excludes halogenated alkanes) is 1. The Kier molecular flexibility index (Phi) is 7.07. The number of piperidine rings is 1. The summed E-state index contributed by atoms with van der Waals surface area (Å²) in [4.78, 5) is 14.8. The molecule has 2 fully saturated rings. The van der Waals surface area contributed by atoms with Crippen molar-refractivity contribution < 1.29 is 13.2 Å². The topological polar surface area (TPSA) is 69.7 Å². The molecule has 24 heavy (non-hydrogen) atoms. The predicted molar refractivity (Wildman–Crippen MR) is 96.2 cm³/mol. The molecule has 1 N–H and O–H groups in total. The van der Waals surface area contributed by atoms with E-state index in [0.717, 1.165) is 25.9 Å². The Morgan fingerprint density at radius 2 is 1.83 bits per heavy atom. The Bertz CT molecular complexity index is 513. The third-order valence-electron chi connectivity index (χ3n) is 5.27. The van der Waals surface area contributed by atoms with E-state index in [1.54, 1.807) is 4.31 Å². The standard InChI is InChI=1S/C17H33N3O3S/c1-4-5-12-24(22,23)20-10-6-15(7-11-20)17(21)18-16-8-9-19(13-16)14(2)3/h14-16H,4-13H2,1-3H3,(H,18,21). The molecule has 1 atom stereocenters. The third kappa shape index (κ3) is 5.17. The summed E-state index contributed by atoms with van der Waals surface area (Å²) in [6, 6.07) is 0.759. The van der Waals surface area contributed by atoms with Crippen molar-refractivity contribution in [2.24, 2.45) is 5.92 Å². The highest BCUT2D eigenvalue weighted by Crippen LogP contribution is 2.21.